The van der Waals surface area contributed by atoms with Gasteiger partial charge in [-0.15, -0.1) is 0 Å². The quantitative estimate of drug-likeness (QED) is 0.215. The number of imidazole rings is 1. The van der Waals surface area contributed by atoms with Crippen molar-refractivity contribution in [2.45, 2.75) is 6.54 Å². The topological polar surface area (TPSA) is 78.3 Å². The van der Waals surface area contributed by atoms with Crippen LogP contribution >= 0.6 is 0 Å². The number of nitrogens with zero attached hydrogens (tertiary/aromatic N) is 5. The van der Waals surface area contributed by atoms with Gasteiger partial charge in [0, 0.05) is 46.7 Å². The van der Waals surface area contributed by atoms with E-state index in [2.05, 4.69) is 28.8 Å². The Bertz CT molecular complexity index is 1940. The number of aromatic nitrogens is 4. The highest BCUT2D eigenvalue weighted by molar-refractivity contribution is 6.21. The van der Waals surface area contributed by atoms with Gasteiger partial charge in [0.1, 0.15) is 11.2 Å². The minimum Gasteiger partial charge on any atom is -0.334 e. The van der Waals surface area contributed by atoms with Crippen LogP contribution in [-0.4, -0.2) is 23.9 Å². The Hall–Kier alpha value is -5.04. The van der Waals surface area contributed by atoms with Gasteiger partial charge in [0.2, 0.25) is 0 Å². The van der Waals surface area contributed by atoms with Crippen LogP contribution < -0.4 is 0 Å². The monoisotopic (exact) mass is 469 g/mol. The van der Waals surface area contributed by atoms with Crippen molar-refractivity contribution in [1.82, 2.24) is 18.9 Å². The Morgan fingerprint density at radius 3 is 2.36 bits per heavy atom. The standard InChI is InChI=1S/C29H19N5O2/c35-34(36)21-15-13-20(14-16-21)26-28-25(27-29(31-26)32-17-7-6-12-24(32)30-27)22-10-4-5-11-23(22)33(28)18-19-8-2-1-3-9-19/h1-17H,18H2. The van der Waals surface area contributed by atoms with E-state index in [1.54, 1.807) is 12.1 Å². The predicted molar refractivity (Wildman–Crippen MR) is 141 cm³/mol. The second-order valence-corrected chi connectivity index (χ2v) is 8.79. The Kier molecular flexibility index (Phi) is 4.38. The van der Waals surface area contributed by atoms with E-state index in [-0.39, 0.29) is 10.6 Å². The molecule has 3 aromatic carbocycles. The molecule has 0 saturated carbocycles. The maximum atomic E-state index is 11.3. The number of pyridine rings is 2. The number of hydrogen-bond donors (Lipinski definition) is 0. The van der Waals surface area contributed by atoms with Crippen molar-refractivity contribution in [3.8, 4) is 11.3 Å². The summed E-state index contributed by atoms with van der Waals surface area (Å²) in [6.45, 7) is 0.658. The molecule has 4 aromatic heterocycles. The molecule has 0 aliphatic rings. The highest BCUT2D eigenvalue weighted by atomic mass is 16.6. The van der Waals surface area contributed by atoms with Crippen LogP contribution in [0.5, 0.6) is 0 Å². The summed E-state index contributed by atoms with van der Waals surface area (Å²) in [5, 5.41) is 13.4. The molecule has 4 heterocycles. The molecule has 7 heteroatoms. The molecule has 0 saturated heterocycles. The number of fused-ring (bicyclic) bond motifs is 7. The number of rotatable bonds is 4. The van der Waals surface area contributed by atoms with Crippen molar-refractivity contribution in [2.24, 2.45) is 0 Å². The molecule has 7 nitrogen and oxygen atoms in total. The van der Waals surface area contributed by atoms with Crippen LogP contribution in [0.3, 0.4) is 0 Å². The van der Waals surface area contributed by atoms with Crippen molar-refractivity contribution >= 4 is 44.3 Å². The molecule has 7 rings (SSSR count). The van der Waals surface area contributed by atoms with Gasteiger partial charge in [-0.25, -0.2) is 9.97 Å². The van der Waals surface area contributed by atoms with E-state index >= 15 is 0 Å². The Morgan fingerprint density at radius 1 is 0.806 bits per heavy atom. The molecule has 0 fully saturated rings. The lowest BCUT2D eigenvalue weighted by molar-refractivity contribution is -0.384. The zero-order chi connectivity index (χ0) is 24.2. The highest BCUT2D eigenvalue weighted by Crippen LogP contribution is 2.40. The van der Waals surface area contributed by atoms with Crippen molar-refractivity contribution < 1.29 is 4.92 Å². The van der Waals surface area contributed by atoms with E-state index < -0.39 is 0 Å². The fraction of sp³-hybridized carbons (Fsp3) is 0.0345. The number of hydrogen-bond acceptors (Lipinski definition) is 4. The van der Waals surface area contributed by atoms with Crippen LogP contribution in [-0.2, 0) is 6.54 Å². The zero-order valence-corrected chi connectivity index (χ0v) is 19.1. The molecule has 0 spiro atoms. The van der Waals surface area contributed by atoms with E-state index in [0.717, 1.165) is 49.9 Å². The SMILES string of the molecule is O=[N+]([O-])c1ccc(-c2nc3c(nc4ccccn43)c3c4ccccc4n(Cc4ccccc4)c23)cc1. The van der Waals surface area contributed by atoms with E-state index in [9.17, 15) is 10.1 Å². The van der Waals surface area contributed by atoms with E-state index in [4.69, 9.17) is 9.97 Å². The predicted octanol–water partition coefficient (Wildman–Crippen LogP) is 6.61. The lowest BCUT2D eigenvalue weighted by atomic mass is 10.1. The van der Waals surface area contributed by atoms with Gasteiger partial charge >= 0.3 is 0 Å². The van der Waals surface area contributed by atoms with E-state index in [1.807, 2.05) is 59.1 Å². The average Bonchev–Trinajstić information content (AvgIpc) is 3.45. The van der Waals surface area contributed by atoms with Crippen LogP contribution in [0.2, 0.25) is 0 Å². The first-order valence-corrected chi connectivity index (χ1v) is 11.7. The van der Waals surface area contributed by atoms with Crippen LogP contribution in [0, 0.1) is 10.1 Å². The summed E-state index contributed by atoms with van der Waals surface area (Å²) >= 11 is 0. The molecular weight excluding hydrogens is 450 g/mol. The lowest BCUT2D eigenvalue weighted by Gasteiger charge is -2.11. The first kappa shape index (κ1) is 20.3. The second kappa shape index (κ2) is 7.74. The molecule has 0 aliphatic carbocycles. The second-order valence-electron chi connectivity index (χ2n) is 8.79. The van der Waals surface area contributed by atoms with Gasteiger partial charge in [0.25, 0.3) is 5.69 Å². The molecule has 0 unspecified atom stereocenters. The van der Waals surface area contributed by atoms with Crippen LogP contribution in [0.4, 0.5) is 5.69 Å². The molecule has 0 aliphatic heterocycles. The van der Waals surface area contributed by atoms with Crippen molar-refractivity contribution in [3.05, 3.63) is 119 Å². The molecule has 0 amide bonds. The Balaban J connectivity index is 1.65. The fourth-order valence-electron chi connectivity index (χ4n) is 5.08. The third kappa shape index (κ3) is 2.99. The Morgan fingerprint density at radius 2 is 1.56 bits per heavy atom. The first-order chi connectivity index (χ1) is 17.7. The molecule has 172 valence electrons. The number of para-hydroxylation sites is 1. The van der Waals surface area contributed by atoms with Gasteiger partial charge in [-0.2, -0.15) is 0 Å². The maximum absolute atomic E-state index is 11.3. The molecule has 0 atom stereocenters. The van der Waals surface area contributed by atoms with Gasteiger partial charge in [0.05, 0.1) is 16.1 Å². The van der Waals surface area contributed by atoms with Gasteiger partial charge in [-0.1, -0.05) is 54.6 Å². The normalized spacial score (nSPS) is 11.7. The van der Waals surface area contributed by atoms with Gasteiger partial charge in [-0.3, -0.25) is 14.5 Å². The minimum absolute atomic E-state index is 0.0516. The summed E-state index contributed by atoms with van der Waals surface area (Å²) in [4.78, 5) is 21.0. The maximum Gasteiger partial charge on any atom is 0.269 e. The van der Waals surface area contributed by atoms with E-state index in [1.165, 1.54) is 17.7 Å². The third-order valence-corrected chi connectivity index (χ3v) is 6.69. The molecule has 7 aromatic rings. The smallest absolute Gasteiger partial charge is 0.269 e. The van der Waals surface area contributed by atoms with Gasteiger partial charge in [-0.05, 0) is 35.9 Å². The average molecular weight is 470 g/mol. The Labute approximate surface area is 205 Å². The third-order valence-electron chi connectivity index (χ3n) is 6.69. The largest absolute Gasteiger partial charge is 0.334 e. The van der Waals surface area contributed by atoms with Crippen molar-refractivity contribution in [3.63, 3.8) is 0 Å². The summed E-state index contributed by atoms with van der Waals surface area (Å²) < 4.78 is 4.28. The van der Waals surface area contributed by atoms with Gasteiger partial charge in [0.15, 0.2) is 5.65 Å². The summed E-state index contributed by atoms with van der Waals surface area (Å²) in [6, 6.07) is 31.2. The number of non-ortho nitro benzene ring substituents is 1. The first-order valence-electron chi connectivity index (χ1n) is 11.7. The zero-order valence-electron chi connectivity index (χ0n) is 19.1. The summed E-state index contributed by atoms with van der Waals surface area (Å²) in [7, 11) is 0. The summed E-state index contributed by atoms with van der Waals surface area (Å²) in [5.41, 5.74) is 7.28. The summed E-state index contributed by atoms with van der Waals surface area (Å²) in [6.07, 6.45) is 1.96. The minimum atomic E-state index is -0.382. The molecule has 0 N–H and O–H groups in total. The van der Waals surface area contributed by atoms with Crippen LogP contribution in [0.25, 0.3) is 49.9 Å². The van der Waals surface area contributed by atoms with Gasteiger partial charge < -0.3 is 4.57 Å². The number of benzene rings is 3. The van der Waals surface area contributed by atoms with Crippen molar-refractivity contribution in [1.29, 1.82) is 0 Å². The molecular formula is C29H19N5O2. The number of nitro benzene ring substituents is 1. The number of nitro groups is 1. The molecule has 0 radical (unpaired) electrons. The van der Waals surface area contributed by atoms with E-state index in [0.29, 0.717) is 6.54 Å². The van der Waals surface area contributed by atoms with Crippen LogP contribution in [0.1, 0.15) is 5.56 Å². The molecule has 36 heavy (non-hydrogen) atoms. The highest BCUT2D eigenvalue weighted by Gasteiger charge is 2.22. The fourth-order valence-corrected chi connectivity index (χ4v) is 5.08. The molecule has 0 bridgehead atoms. The lowest BCUT2D eigenvalue weighted by Crippen LogP contribution is -2.02. The van der Waals surface area contributed by atoms with Crippen LogP contribution in [0.15, 0.2) is 103 Å². The summed E-state index contributed by atoms with van der Waals surface area (Å²) in [5.74, 6) is 0. The van der Waals surface area contributed by atoms with Crippen molar-refractivity contribution in [2.75, 3.05) is 0 Å².